The van der Waals surface area contributed by atoms with Crippen LogP contribution in [0.3, 0.4) is 0 Å². The van der Waals surface area contributed by atoms with Gasteiger partial charge in [0.2, 0.25) is 0 Å². The minimum Gasteiger partial charge on any atom is -0.485 e. The summed E-state index contributed by atoms with van der Waals surface area (Å²) >= 11 is 0. The zero-order valence-electron chi connectivity index (χ0n) is 11.1. The zero-order valence-corrected chi connectivity index (χ0v) is 11.1. The zero-order chi connectivity index (χ0) is 13.8. The maximum atomic E-state index is 11.6. The molecular weight excluding hydrogens is 238 g/mol. The summed E-state index contributed by atoms with van der Waals surface area (Å²) in [4.78, 5) is 11.6. The first-order valence-corrected chi connectivity index (χ1v) is 6.20. The van der Waals surface area contributed by atoms with Crippen LogP contribution in [-0.2, 0) is 0 Å². The van der Waals surface area contributed by atoms with Gasteiger partial charge in [-0.3, -0.25) is 4.79 Å². The van der Waals surface area contributed by atoms with E-state index in [1.807, 2.05) is 37.3 Å². The molecule has 0 fully saturated rings. The Balaban J connectivity index is 2.26. The quantitative estimate of drug-likeness (QED) is 0.670. The fourth-order valence-corrected chi connectivity index (χ4v) is 1.91. The Morgan fingerprint density at radius 1 is 1.16 bits per heavy atom. The van der Waals surface area contributed by atoms with Gasteiger partial charge in [0, 0.05) is 5.69 Å². The van der Waals surface area contributed by atoms with E-state index in [9.17, 15) is 4.79 Å². The van der Waals surface area contributed by atoms with Gasteiger partial charge < -0.3 is 10.5 Å². The van der Waals surface area contributed by atoms with Crippen molar-refractivity contribution in [2.75, 3.05) is 5.73 Å². The molecule has 0 saturated heterocycles. The summed E-state index contributed by atoms with van der Waals surface area (Å²) in [6.07, 6.45) is -0.122. The Kier molecular flexibility index (Phi) is 3.85. The van der Waals surface area contributed by atoms with Crippen LogP contribution in [0.5, 0.6) is 5.75 Å². The number of carbonyl (C=O) groups is 1. The number of Topliss-reactive ketones (excluding diaryl/α,β-unsaturated/α-hetero) is 1. The van der Waals surface area contributed by atoms with Gasteiger partial charge in [-0.05, 0) is 37.6 Å². The maximum absolute atomic E-state index is 11.6. The molecular formula is C16H17NO2. The number of hydrogen-bond acceptors (Lipinski definition) is 3. The lowest BCUT2D eigenvalue weighted by Crippen LogP contribution is -2.07. The molecule has 0 heterocycles. The van der Waals surface area contributed by atoms with Crippen molar-refractivity contribution in [2.24, 2.45) is 0 Å². The summed E-state index contributed by atoms with van der Waals surface area (Å²) in [6.45, 7) is 3.46. The lowest BCUT2D eigenvalue weighted by molar-refractivity contribution is 0.101. The molecule has 0 aromatic heterocycles. The first kappa shape index (κ1) is 13.1. The number of nitrogen functional groups attached to an aromatic ring is 1. The first-order valence-electron chi connectivity index (χ1n) is 6.20. The number of nitrogens with two attached hydrogens (primary N) is 1. The van der Waals surface area contributed by atoms with E-state index in [4.69, 9.17) is 10.5 Å². The van der Waals surface area contributed by atoms with E-state index in [0.29, 0.717) is 17.0 Å². The molecule has 2 N–H and O–H groups in total. The third-order valence-electron chi connectivity index (χ3n) is 2.96. The van der Waals surface area contributed by atoms with E-state index < -0.39 is 0 Å². The van der Waals surface area contributed by atoms with Gasteiger partial charge in [0.25, 0.3) is 0 Å². The van der Waals surface area contributed by atoms with Crippen LogP contribution in [0.25, 0.3) is 0 Å². The van der Waals surface area contributed by atoms with E-state index in [1.54, 1.807) is 18.2 Å². The number of hydrogen-bond donors (Lipinski definition) is 1. The summed E-state index contributed by atoms with van der Waals surface area (Å²) in [5, 5.41) is 0. The summed E-state index contributed by atoms with van der Waals surface area (Å²) in [5.41, 5.74) is 7.84. The molecule has 0 saturated carbocycles. The minimum absolute atomic E-state index is 0.0532. The molecule has 2 aromatic rings. The van der Waals surface area contributed by atoms with Crippen molar-refractivity contribution in [1.82, 2.24) is 0 Å². The van der Waals surface area contributed by atoms with Crippen molar-refractivity contribution in [2.45, 2.75) is 20.0 Å². The average molecular weight is 255 g/mol. The summed E-state index contributed by atoms with van der Waals surface area (Å²) < 4.78 is 5.87. The lowest BCUT2D eigenvalue weighted by atomic mass is 10.1. The second-order valence-corrected chi connectivity index (χ2v) is 4.48. The second kappa shape index (κ2) is 5.57. The monoisotopic (exact) mass is 255 g/mol. The van der Waals surface area contributed by atoms with E-state index in [0.717, 1.165) is 5.56 Å². The number of ketones is 1. The summed E-state index contributed by atoms with van der Waals surface area (Å²) in [7, 11) is 0. The largest absolute Gasteiger partial charge is 0.485 e. The number of carbonyl (C=O) groups excluding carboxylic acids is 1. The maximum Gasteiger partial charge on any atom is 0.163 e. The molecule has 2 aromatic carbocycles. The summed E-state index contributed by atoms with van der Waals surface area (Å²) in [5.74, 6) is 0.514. The van der Waals surface area contributed by atoms with E-state index in [-0.39, 0.29) is 11.9 Å². The Labute approximate surface area is 113 Å². The highest BCUT2D eigenvalue weighted by Gasteiger charge is 2.13. The molecule has 0 aliphatic heterocycles. The van der Waals surface area contributed by atoms with Crippen molar-refractivity contribution >= 4 is 11.5 Å². The number of rotatable bonds is 4. The van der Waals surface area contributed by atoms with E-state index in [2.05, 4.69) is 0 Å². The molecule has 98 valence electrons. The van der Waals surface area contributed by atoms with Crippen LogP contribution in [0.2, 0.25) is 0 Å². The van der Waals surface area contributed by atoms with Gasteiger partial charge >= 0.3 is 0 Å². The highest BCUT2D eigenvalue weighted by molar-refractivity contribution is 5.97. The Hall–Kier alpha value is -2.29. The van der Waals surface area contributed by atoms with E-state index >= 15 is 0 Å². The lowest BCUT2D eigenvalue weighted by Gasteiger charge is -2.17. The van der Waals surface area contributed by atoms with Crippen molar-refractivity contribution in [1.29, 1.82) is 0 Å². The van der Waals surface area contributed by atoms with Gasteiger partial charge in [-0.15, -0.1) is 0 Å². The fourth-order valence-electron chi connectivity index (χ4n) is 1.91. The third-order valence-corrected chi connectivity index (χ3v) is 2.96. The predicted octanol–water partition coefficient (Wildman–Crippen LogP) is 3.61. The van der Waals surface area contributed by atoms with Crippen LogP contribution in [0.1, 0.15) is 35.9 Å². The predicted molar refractivity (Wildman–Crippen MR) is 76.3 cm³/mol. The van der Waals surface area contributed by atoms with Crippen LogP contribution in [0, 0.1) is 0 Å². The van der Waals surface area contributed by atoms with Crippen LogP contribution in [0.4, 0.5) is 5.69 Å². The average Bonchev–Trinajstić information content (AvgIpc) is 2.41. The van der Waals surface area contributed by atoms with Crippen molar-refractivity contribution < 1.29 is 9.53 Å². The molecule has 3 nitrogen and oxygen atoms in total. The normalized spacial score (nSPS) is 11.9. The van der Waals surface area contributed by atoms with Crippen molar-refractivity contribution in [3.63, 3.8) is 0 Å². The molecule has 1 unspecified atom stereocenters. The molecule has 0 bridgehead atoms. The fraction of sp³-hybridized carbons (Fsp3) is 0.188. The smallest absolute Gasteiger partial charge is 0.163 e. The number of benzene rings is 2. The van der Waals surface area contributed by atoms with Crippen LogP contribution < -0.4 is 10.5 Å². The number of anilines is 1. The van der Waals surface area contributed by atoms with Crippen LogP contribution in [0.15, 0.2) is 48.5 Å². The Bertz CT molecular complexity index is 579. The van der Waals surface area contributed by atoms with Gasteiger partial charge in [0.15, 0.2) is 5.78 Å². The third kappa shape index (κ3) is 3.13. The topological polar surface area (TPSA) is 52.3 Å². The molecule has 0 spiro atoms. The summed E-state index contributed by atoms with van der Waals surface area (Å²) in [6, 6.07) is 15.0. The van der Waals surface area contributed by atoms with Gasteiger partial charge in [-0.2, -0.15) is 0 Å². The van der Waals surface area contributed by atoms with Crippen molar-refractivity contribution in [3.05, 3.63) is 59.7 Å². The Morgan fingerprint density at radius 3 is 2.47 bits per heavy atom. The standard InChI is InChI=1S/C16H17NO2/c1-11(18)15-10-14(17)8-9-16(15)19-12(2)13-6-4-3-5-7-13/h3-10,12H,17H2,1-2H3. The molecule has 1 atom stereocenters. The number of ether oxygens (including phenoxy) is 1. The van der Waals surface area contributed by atoms with Crippen LogP contribution >= 0.6 is 0 Å². The molecule has 0 aliphatic rings. The highest BCUT2D eigenvalue weighted by atomic mass is 16.5. The van der Waals surface area contributed by atoms with Gasteiger partial charge in [-0.25, -0.2) is 0 Å². The molecule has 0 amide bonds. The van der Waals surface area contributed by atoms with Gasteiger partial charge in [-0.1, -0.05) is 30.3 Å². The highest BCUT2D eigenvalue weighted by Crippen LogP contribution is 2.27. The first-order chi connectivity index (χ1) is 9.08. The van der Waals surface area contributed by atoms with Gasteiger partial charge in [0.05, 0.1) is 5.56 Å². The molecule has 19 heavy (non-hydrogen) atoms. The molecule has 2 rings (SSSR count). The molecule has 0 radical (unpaired) electrons. The Morgan fingerprint density at radius 2 is 1.84 bits per heavy atom. The SMILES string of the molecule is CC(=O)c1cc(N)ccc1OC(C)c1ccccc1. The van der Waals surface area contributed by atoms with E-state index in [1.165, 1.54) is 6.92 Å². The van der Waals surface area contributed by atoms with Crippen molar-refractivity contribution in [3.8, 4) is 5.75 Å². The second-order valence-electron chi connectivity index (χ2n) is 4.48. The molecule has 3 heteroatoms. The molecule has 0 aliphatic carbocycles. The minimum atomic E-state index is -0.122. The van der Waals surface area contributed by atoms with Gasteiger partial charge in [0.1, 0.15) is 11.9 Å². The van der Waals surface area contributed by atoms with Crippen LogP contribution in [-0.4, -0.2) is 5.78 Å².